The van der Waals surface area contributed by atoms with Gasteiger partial charge in [0.1, 0.15) is 5.60 Å². The molecule has 1 saturated carbocycles. The van der Waals surface area contributed by atoms with Crippen LogP contribution in [-0.2, 0) is 14.3 Å². The molecule has 0 aromatic rings. The first-order chi connectivity index (χ1) is 7.48. The van der Waals surface area contributed by atoms with E-state index in [9.17, 15) is 4.79 Å². The molecule has 1 aliphatic carbocycles. The maximum absolute atomic E-state index is 11.9. The summed E-state index contributed by atoms with van der Waals surface area (Å²) >= 11 is 0. The van der Waals surface area contributed by atoms with Crippen LogP contribution in [0.5, 0.6) is 0 Å². The average Bonchev–Trinajstić information content (AvgIpc) is 2.92. The zero-order chi connectivity index (χ0) is 12.0. The molecule has 0 aromatic heterocycles. The molecule has 3 nitrogen and oxygen atoms in total. The summed E-state index contributed by atoms with van der Waals surface area (Å²) < 4.78 is 10.9. The van der Waals surface area contributed by atoms with Gasteiger partial charge in [-0.2, -0.15) is 0 Å². The Balaban J connectivity index is 2.18. The van der Waals surface area contributed by atoms with Gasteiger partial charge in [-0.25, -0.2) is 4.79 Å². The van der Waals surface area contributed by atoms with E-state index in [1.54, 1.807) is 0 Å². The Labute approximate surface area is 97.5 Å². The summed E-state index contributed by atoms with van der Waals surface area (Å²) in [6.07, 6.45) is 4.32. The normalized spacial score (nSPS) is 42.4. The minimum Gasteiger partial charge on any atom is -0.467 e. The number of hydrogen-bond donors (Lipinski definition) is 0. The molecule has 1 spiro atoms. The average molecular weight is 226 g/mol. The molecule has 2 rings (SSSR count). The Morgan fingerprint density at radius 1 is 1.38 bits per heavy atom. The lowest BCUT2D eigenvalue weighted by Crippen LogP contribution is -2.41. The van der Waals surface area contributed by atoms with E-state index >= 15 is 0 Å². The van der Waals surface area contributed by atoms with Gasteiger partial charge in [0, 0.05) is 0 Å². The number of carbonyl (C=O) groups excluding carboxylic acids is 1. The van der Waals surface area contributed by atoms with Crippen LogP contribution < -0.4 is 0 Å². The Hall–Kier alpha value is -0.570. The molecule has 2 fully saturated rings. The maximum Gasteiger partial charge on any atom is 0.341 e. The fourth-order valence-electron chi connectivity index (χ4n) is 3.24. The van der Waals surface area contributed by atoms with Crippen LogP contribution in [0.25, 0.3) is 0 Å². The van der Waals surface area contributed by atoms with Crippen molar-refractivity contribution in [3.63, 3.8) is 0 Å². The first kappa shape index (κ1) is 11.9. The van der Waals surface area contributed by atoms with Crippen LogP contribution in [0.15, 0.2) is 0 Å². The molecule has 1 saturated heterocycles. The predicted octanol–water partition coefficient (Wildman–Crippen LogP) is 2.53. The van der Waals surface area contributed by atoms with E-state index in [1.807, 2.05) is 13.8 Å². The van der Waals surface area contributed by atoms with Crippen LogP contribution in [-0.4, -0.2) is 24.3 Å². The molecule has 0 amide bonds. The van der Waals surface area contributed by atoms with Gasteiger partial charge in [-0.15, -0.1) is 0 Å². The molecule has 0 radical (unpaired) electrons. The second kappa shape index (κ2) is 3.73. The number of hydrogen-bond acceptors (Lipinski definition) is 3. The topological polar surface area (TPSA) is 38.8 Å². The number of methoxy groups -OCH3 is 1. The maximum atomic E-state index is 11.9. The van der Waals surface area contributed by atoms with E-state index in [2.05, 4.69) is 6.92 Å². The highest BCUT2D eigenvalue weighted by Crippen LogP contribution is 2.61. The van der Waals surface area contributed by atoms with Gasteiger partial charge in [-0.05, 0) is 37.5 Å². The molecular weight excluding hydrogens is 204 g/mol. The third-order valence-electron chi connectivity index (χ3n) is 4.38. The Kier molecular flexibility index (Phi) is 2.77. The zero-order valence-corrected chi connectivity index (χ0v) is 10.7. The first-order valence-electron chi connectivity index (χ1n) is 6.27. The van der Waals surface area contributed by atoms with Gasteiger partial charge in [0.25, 0.3) is 0 Å². The second-order valence-corrected chi connectivity index (χ2v) is 5.66. The van der Waals surface area contributed by atoms with Gasteiger partial charge in [0.2, 0.25) is 0 Å². The lowest BCUT2D eigenvalue weighted by Gasteiger charge is -2.27. The van der Waals surface area contributed by atoms with E-state index in [1.165, 1.54) is 7.11 Å². The highest BCUT2D eigenvalue weighted by molar-refractivity contribution is 5.85. The van der Waals surface area contributed by atoms with Gasteiger partial charge in [0.15, 0.2) is 5.60 Å². The fraction of sp³-hybridized carbons (Fsp3) is 0.923. The van der Waals surface area contributed by atoms with Crippen molar-refractivity contribution in [2.75, 3.05) is 7.11 Å². The van der Waals surface area contributed by atoms with Crippen molar-refractivity contribution >= 4 is 5.97 Å². The van der Waals surface area contributed by atoms with Gasteiger partial charge in [-0.1, -0.05) is 20.8 Å². The SMILES string of the molecule is COC(=O)C1(C(C)C)OC12CCC(C)CC2. The molecule has 0 aromatic carbocycles. The molecule has 1 unspecified atom stereocenters. The summed E-state index contributed by atoms with van der Waals surface area (Å²) in [6, 6.07) is 0. The molecule has 0 bridgehead atoms. The summed E-state index contributed by atoms with van der Waals surface area (Å²) in [4.78, 5) is 11.9. The predicted molar refractivity (Wildman–Crippen MR) is 61.0 cm³/mol. The second-order valence-electron chi connectivity index (χ2n) is 5.66. The van der Waals surface area contributed by atoms with Crippen molar-refractivity contribution in [3.8, 4) is 0 Å². The van der Waals surface area contributed by atoms with Crippen molar-refractivity contribution in [2.24, 2.45) is 11.8 Å². The van der Waals surface area contributed by atoms with E-state index in [0.29, 0.717) is 0 Å². The Morgan fingerprint density at radius 3 is 2.38 bits per heavy atom. The van der Waals surface area contributed by atoms with E-state index in [4.69, 9.17) is 9.47 Å². The van der Waals surface area contributed by atoms with Crippen LogP contribution in [0.3, 0.4) is 0 Å². The van der Waals surface area contributed by atoms with Crippen molar-refractivity contribution in [3.05, 3.63) is 0 Å². The summed E-state index contributed by atoms with van der Waals surface area (Å²) in [7, 11) is 1.45. The number of esters is 1. The van der Waals surface area contributed by atoms with Gasteiger partial charge >= 0.3 is 5.97 Å². The largest absolute Gasteiger partial charge is 0.467 e. The van der Waals surface area contributed by atoms with E-state index < -0.39 is 5.60 Å². The summed E-state index contributed by atoms with van der Waals surface area (Å²) in [5, 5.41) is 0. The fourth-order valence-corrected chi connectivity index (χ4v) is 3.24. The molecule has 0 N–H and O–H groups in total. The standard InChI is InChI=1S/C13H22O3/c1-9(2)13(11(14)15-4)12(16-13)7-5-10(3)6-8-12/h9-10H,5-8H2,1-4H3. The summed E-state index contributed by atoms with van der Waals surface area (Å²) in [6.45, 7) is 6.36. The van der Waals surface area contributed by atoms with Crippen LogP contribution in [0.2, 0.25) is 0 Å². The molecular formula is C13H22O3. The molecule has 2 aliphatic rings. The minimum atomic E-state index is -0.651. The first-order valence-corrected chi connectivity index (χ1v) is 6.27. The van der Waals surface area contributed by atoms with Crippen LogP contribution in [0.4, 0.5) is 0 Å². The van der Waals surface area contributed by atoms with Gasteiger partial charge in [-0.3, -0.25) is 0 Å². The van der Waals surface area contributed by atoms with E-state index in [-0.39, 0.29) is 17.5 Å². The number of epoxide rings is 1. The lowest BCUT2D eigenvalue weighted by molar-refractivity contribution is -0.148. The van der Waals surface area contributed by atoms with Crippen molar-refractivity contribution in [1.29, 1.82) is 0 Å². The van der Waals surface area contributed by atoms with Crippen LogP contribution >= 0.6 is 0 Å². The minimum absolute atomic E-state index is 0.183. The molecule has 16 heavy (non-hydrogen) atoms. The molecule has 1 heterocycles. The zero-order valence-electron chi connectivity index (χ0n) is 10.7. The highest BCUT2D eigenvalue weighted by Gasteiger charge is 2.76. The van der Waals surface area contributed by atoms with Gasteiger partial charge < -0.3 is 9.47 Å². The van der Waals surface area contributed by atoms with Crippen molar-refractivity contribution in [1.82, 2.24) is 0 Å². The Bertz CT molecular complexity index is 290. The molecule has 3 heteroatoms. The number of carbonyl (C=O) groups is 1. The van der Waals surface area contributed by atoms with E-state index in [0.717, 1.165) is 31.6 Å². The van der Waals surface area contributed by atoms with Crippen LogP contribution in [0, 0.1) is 11.8 Å². The third-order valence-corrected chi connectivity index (χ3v) is 4.38. The smallest absolute Gasteiger partial charge is 0.341 e. The van der Waals surface area contributed by atoms with Crippen molar-refractivity contribution in [2.45, 2.75) is 57.7 Å². The molecule has 92 valence electrons. The molecule has 1 atom stereocenters. The Morgan fingerprint density at radius 2 is 1.94 bits per heavy atom. The monoisotopic (exact) mass is 226 g/mol. The van der Waals surface area contributed by atoms with Gasteiger partial charge in [0.05, 0.1) is 7.11 Å². The molecule has 1 aliphatic heterocycles. The highest BCUT2D eigenvalue weighted by atomic mass is 16.7. The summed E-state index contributed by atoms with van der Waals surface area (Å²) in [5.41, 5.74) is -0.858. The summed E-state index contributed by atoms with van der Waals surface area (Å²) in [5.74, 6) is 0.766. The quantitative estimate of drug-likeness (QED) is 0.536. The lowest BCUT2D eigenvalue weighted by atomic mass is 9.72. The van der Waals surface area contributed by atoms with Crippen LogP contribution in [0.1, 0.15) is 46.5 Å². The van der Waals surface area contributed by atoms with Crippen molar-refractivity contribution < 1.29 is 14.3 Å². The third kappa shape index (κ3) is 1.41. The number of rotatable bonds is 2. The number of ether oxygens (including phenoxy) is 2.